The highest BCUT2D eigenvalue weighted by atomic mass is 32.1. The van der Waals surface area contributed by atoms with Gasteiger partial charge in [0.1, 0.15) is 0 Å². The van der Waals surface area contributed by atoms with Crippen molar-refractivity contribution in [3.05, 3.63) is 22.4 Å². The van der Waals surface area contributed by atoms with Crippen LogP contribution in [0.1, 0.15) is 35.9 Å². The standard InChI is InChI=1S/C13H18N2O4S/c1-9(4-2-6-12(17)18)15-11(16)8-14-13(19)10-5-3-7-20-10/h3,5,7,9H,2,4,6,8H2,1H3,(H,14,19)(H,15,16)(H,17,18). The van der Waals surface area contributed by atoms with E-state index in [1.54, 1.807) is 24.4 Å². The van der Waals surface area contributed by atoms with Crippen LogP contribution in [-0.4, -0.2) is 35.5 Å². The zero-order valence-corrected chi connectivity index (χ0v) is 12.0. The molecule has 1 heterocycles. The lowest BCUT2D eigenvalue weighted by Gasteiger charge is -2.13. The summed E-state index contributed by atoms with van der Waals surface area (Å²) in [4.78, 5) is 34.1. The van der Waals surface area contributed by atoms with Crippen molar-refractivity contribution in [2.75, 3.05) is 6.54 Å². The van der Waals surface area contributed by atoms with Gasteiger partial charge in [0.05, 0.1) is 11.4 Å². The summed E-state index contributed by atoms with van der Waals surface area (Å²) in [7, 11) is 0. The Kier molecular flexibility index (Phi) is 6.72. The number of rotatable bonds is 8. The summed E-state index contributed by atoms with van der Waals surface area (Å²) in [5, 5.41) is 15.5. The second-order valence-electron chi connectivity index (χ2n) is 4.41. The molecule has 110 valence electrons. The summed E-state index contributed by atoms with van der Waals surface area (Å²) in [6.45, 7) is 1.72. The number of carbonyl (C=O) groups excluding carboxylic acids is 2. The smallest absolute Gasteiger partial charge is 0.303 e. The zero-order chi connectivity index (χ0) is 15.0. The largest absolute Gasteiger partial charge is 0.481 e. The maximum Gasteiger partial charge on any atom is 0.303 e. The number of carbonyl (C=O) groups is 3. The molecular formula is C13H18N2O4S. The molecule has 3 N–H and O–H groups in total. The summed E-state index contributed by atoms with van der Waals surface area (Å²) in [5.74, 6) is -1.39. The second kappa shape index (κ2) is 8.31. The van der Waals surface area contributed by atoms with Gasteiger partial charge in [0.2, 0.25) is 5.91 Å². The van der Waals surface area contributed by atoms with Crippen molar-refractivity contribution in [3.63, 3.8) is 0 Å². The fourth-order valence-electron chi connectivity index (χ4n) is 1.61. The Balaban J connectivity index is 2.19. The molecule has 0 radical (unpaired) electrons. The highest BCUT2D eigenvalue weighted by Gasteiger charge is 2.11. The molecule has 1 rings (SSSR count). The molecule has 20 heavy (non-hydrogen) atoms. The van der Waals surface area contributed by atoms with Crippen molar-refractivity contribution in [1.82, 2.24) is 10.6 Å². The third-order valence-corrected chi connectivity index (χ3v) is 3.46. The van der Waals surface area contributed by atoms with Crippen LogP contribution in [0.3, 0.4) is 0 Å². The van der Waals surface area contributed by atoms with E-state index in [1.165, 1.54) is 11.3 Å². The van der Waals surface area contributed by atoms with E-state index in [0.717, 1.165) is 0 Å². The highest BCUT2D eigenvalue weighted by Crippen LogP contribution is 2.07. The predicted molar refractivity (Wildman–Crippen MR) is 75.7 cm³/mol. The SMILES string of the molecule is CC(CCCC(=O)O)NC(=O)CNC(=O)c1cccs1. The molecule has 6 nitrogen and oxygen atoms in total. The van der Waals surface area contributed by atoms with Crippen LogP contribution in [0.2, 0.25) is 0 Å². The molecule has 1 unspecified atom stereocenters. The van der Waals surface area contributed by atoms with E-state index in [0.29, 0.717) is 17.7 Å². The van der Waals surface area contributed by atoms with Crippen molar-refractivity contribution in [2.45, 2.75) is 32.2 Å². The molecule has 1 atom stereocenters. The molecule has 0 fully saturated rings. The number of carboxylic acid groups (broad SMARTS) is 1. The van der Waals surface area contributed by atoms with E-state index in [-0.39, 0.29) is 30.8 Å². The first-order valence-electron chi connectivity index (χ1n) is 6.32. The lowest BCUT2D eigenvalue weighted by atomic mass is 10.1. The quantitative estimate of drug-likeness (QED) is 0.673. The van der Waals surface area contributed by atoms with Crippen LogP contribution in [0.5, 0.6) is 0 Å². The second-order valence-corrected chi connectivity index (χ2v) is 5.36. The highest BCUT2D eigenvalue weighted by molar-refractivity contribution is 7.12. The zero-order valence-electron chi connectivity index (χ0n) is 11.2. The minimum Gasteiger partial charge on any atom is -0.481 e. The number of carboxylic acids is 1. The van der Waals surface area contributed by atoms with Crippen LogP contribution in [0.4, 0.5) is 0 Å². The Labute approximate surface area is 121 Å². The van der Waals surface area contributed by atoms with Gasteiger partial charge in [-0.2, -0.15) is 0 Å². The first-order valence-corrected chi connectivity index (χ1v) is 7.20. The topological polar surface area (TPSA) is 95.5 Å². The summed E-state index contributed by atoms with van der Waals surface area (Å²) in [6.07, 6.45) is 1.20. The molecule has 1 aromatic heterocycles. The third-order valence-electron chi connectivity index (χ3n) is 2.59. The van der Waals surface area contributed by atoms with Crippen LogP contribution in [0.15, 0.2) is 17.5 Å². The number of nitrogens with one attached hydrogen (secondary N) is 2. The van der Waals surface area contributed by atoms with Gasteiger partial charge in [0.15, 0.2) is 0 Å². The van der Waals surface area contributed by atoms with Gasteiger partial charge in [-0.15, -0.1) is 11.3 Å². The monoisotopic (exact) mass is 298 g/mol. The molecule has 0 aliphatic carbocycles. The third kappa shape index (κ3) is 6.33. The van der Waals surface area contributed by atoms with E-state index in [2.05, 4.69) is 10.6 Å². The van der Waals surface area contributed by atoms with Gasteiger partial charge in [0, 0.05) is 12.5 Å². The van der Waals surface area contributed by atoms with E-state index < -0.39 is 5.97 Å². The van der Waals surface area contributed by atoms with Crippen LogP contribution < -0.4 is 10.6 Å². The lowest BCUT2D eigenvalue weighted by Crippen LogP contribution is -2.40. The van der Waals surface area contributed by atoms with E-state index in [1.807, 2.05) is 0 Å². The molecular weight excluding hydrogens is 280 g/mol. The minimum absolute atomic E-state index is 0.0833. The Morgan fingerprint density at radius 3 is 2.75 bits per heavy atom. The Bertz CT molecular complexity index is 459. The van der Waals surface area contributed by atoms with Gasteiger partial charge in [-0.1, -0.05) is 6.07 Å². The predicted octanol–water partition coefficient (Wildman–Crippen LogP) is 1.24. The Morgan fingerprint density at radius 2 is 2.15 bits per heavy atom. The van der Waals surface area contributed by atoms with E-state index in [9.17, 15) is 14.4 Å². The summed E-state index contributed by atoms with van der Waals surface area (Å²) in [5.41, 5.74) is 0. The molecule has 0 saturated carbocycles. The van der Waals surface area contributed by atoms with Crippen LogP contribution >= 0.6 is 11.3 Å². The van der Waals surface area contributed by atoms with Gasteiger partial charge in [-0.25, -0.2) is 0 Å². The van der Waals surface area contributed by atoms with E-state index >= 15 is 0 Å². The number of aliphatic carboxylic acids is 1. The van der Waals surface area contributed by atoms with Gasteiger partial charge in [0.25, 0.3) is 5.91 Å². The first kappa shape index (κ1) is 16.2. The van der Waals surface area contributed by atoms with E-state index in [4.69, 9.17) is 5.11 Å². The molecule has 0 aliphatic heterocycles. The van der Waals surface area contributed by atoms with Crippen molar-refractivity contribution in [1.29, 1.82) is 0 Å². The van der Waals surface area contributed by atoms with Crippen LogP contribution in [0.25, 0.3) is 0 Å². The average molecular weight is 298 g/mol. The molecule has 0 aliphatic rings. The number of hydrogen-bond acceptors (Lipinski definition) is 4. The fourth-order valence-corrected chi connectivity index (χ4v) is 2.25. The molecule has 0 saturated heterocycles. The summed E-state index contributed by atoms with van der Waals surface area (Å²) < 4.78 is 0. The van der Waals surface area contributed by atoms with Gasteiger partial charge in [-0.05, 0) is 31.2 Å². The van der Waals surface area contributed by atoms with Crippen molar-refractivity contribution in [2.24, 2.45) is 0 Å². The number of amides is 2. The molecule has 0 spiro atoms. The molecule has 1 aromatic rings. The van der Waals surface area contributed by atoms with Gasteiger partial charge in [-0.3, -0.25) is 14.4 Å². The van der Waals surface area contributed by atoms with Crippen LogP contribution in [-0.2, 0) is 9.59 Å². The maximum absolute atomic E-state index is 11.6. The Morgan fingerprint density at radius 1 is 1.40 bits per heavy atom. The fraction of sp³-hybridized carbons (Fsp3) is 0.462. The first-order chi connectivity index (χ1) is 9.49. The van der Waals surface area contributed by atoms with Crippen molar-refractivity contribution >= 4 is 29.1 Å². The molecule has 0 bridgehead atoms. The normalized spacial score (nSPS) is 11.7. The molecule has 2 amide bonds. The minimum atomic E-state index is -0.841. The van der Waals surface area contributed by atoms with Gasteiger partial charge >= 0.3 is 5.97 Å². The average Bonchev–Trinajstić information content (AvgIpc) is 2.89. The van der Waals surface area contributed by atoms with Crippen LogP contribution in [0, 0.1) is 0 Å². The number of thiophene rings is 1. The van der Waals surface area contributed by atoms with Crippen molar-refractivity contribution < 1.29 is 19.5 Å². The molecule has 7 heteroatoms. The Hall–Kier alpha value is -1.89. The summed E-state index contributed by atoms with van der Waals surface area (Å²) >= 11 is 1.31. The number of hydrogen-bond donors (Lipinski definition) is 3. The molecule has 0 aromatic carbocycles. The maximum atomic E-state index is 11.6. The van der Waals surface area contributed by atoms with Crippen molar-refractivity contribution in [3.8, 4) is 0 Å². The summed E-state index contributed by atoms with van der Waals surface area (Å²) in [6, 6.07) is 3.34. The lowest BCUT2D eigenvalue weighted by molar-refractivity contribution is -0.137. The van der Waals surface area contributed by atoms with Gasteiger partial charge < -0.3 is 15.7 Å².